The van der Waals surface area contributed by atoms with Gasteiger partial charge in [0.25, 0.3) is 0 Å². The zero-order valence-electron chi connectivity index (χ0n) is 11.8. The molecule has 0 amide bonds. The van der Waals surface area contributed by atoms with Crippen molar-refractivity contribution in [2.24, 2.45) is 0 Å². The van der Waals surface area contributed by atoms with Gasteiger partial charge in [0.1, 0.15) is 5.82 Å². The Kier molecular flexibility index (Phi) is 6.08. The predicted octanol–water partition coefficient (Wildman–Crippen LogP) is 3.32. The molecule has 1 heterocycles. The van der Waals surface area contributed by atoms with Crippen molar-refractivity contribution < 1.29 is 5.11 Å². The van der Waals surface area contributed by atoms with Crippen LogP contribution in [0.25, 0.3) is 10.9 Å². The molecule has 0 spiro atoms. The van der Waals surface area contributed by atoms with E-state index in [1.165, 1.54) is 0 Å². The molecule has 0 saturated carbocycles. The monoisotopic (exact) mass is 291 g/mol. The van der Waals surface area contributed by atoms with Gasteiger partial charge in [0.05, 0.1) is 5.52 Å². The van der Waals surface area contributed by atoms with Crippen LogP contribution < -0.4 is 5.32 Å². The fourth-order valence-electron chi connectivity index (χ4n) is 1.98. The van der Waals surface area contributed by atoms with E-state index in [4.69, 9.17) is 5.11 Å². The van der Waals surface area contributed by atoms with Crippen LogP contribution in [0.5, 0.6) is 0 Å². The van der Waals surface area contributed by atoms with Crippen molar-refractivity contribution in [3.63, 3.8) is 0 Å². The van der Waals surface area contributed by atoms with Gasteiger partial charge in [0.2, 0.25) is 0 Å². The molecule has 2 aromatic rings. The number of fused-ring (bicyclic) bond motifs is 1. The summed E-state index contributed by atoms with van der Waals surface area (Å²) in [6.07, 6.45) is 3.01. The maximum absolute atomic E-state index is 8.76. The molecule has 2 N–H and O–H groups in total. The number of hydrogen-bond acceptors (Lipinski definition) is 5. The second kappa shape index (κ2) is 8.07. The average Bonchev–Trinajstić information content (AvgIpc) is 2.47. The quantitative estimate of drug-likeness (QED) is 0.444. The number of rotatable bonds is 8. The topological polar surface area (TPSA) is 58.0 Å². The third-order valence-corrected chi connectivity index (χ3v) is 3.89. The number of aliphatic hydroxyl groups excluding tert-OH is 1. The van der Waals surface area contributed by atoms with Gasteiger partial charge in [-0.05, 0) is 31.9 Å². The fraction of sp³-hybridized carbons (Fsp3) is 0.467. The summed E-state index contributed by atoms with van der Waals surface area (Å²) < 4.78 is 0. The minimum absolute atomic E-state index is 0.279. The van der Waals surface area contributed by atoms with Crippen LogP contribution in [0.1, 0.15) is 26.2 Å². The highest BCUT2D eigenvalue weighted by atomic mass is 32.2. The van der Waals surface area contributed by atoms with Crippen LogP contribution in [0.2, 0.25) is 0 Å². The van der Waals surface area contributed by atoms with E-state index in [0.29, 0.717) is 0 Å². The number of anilines is 1. The molecular weight excluding hydrogens is 270 g/mol. The molecule has 0 fully saturated rings. The van der Waals surface area contributed by atoms with Crippen LogP contribution in [0.15, 0.2) is 29.4 Å². The smallest absolute Gasteiger partial charge is 0.190 e. The molecule has 0 radical (unpaired) electrons. The first-order valence-corrected chi connectivity index (χ1v) is 8.08. The number of benzene rings is 1. The molecule has 0 unspecified atom stereocenters. The lowest BCUT2D eigenvalue weighted by Crippen LogP contribution is -2.02. The van der Waals surface area contributed by atoms with Crippen LogP contribution in [-0.4, -0.2) is 34.0 Å². The Bertz CT molecular complexity index is 548. The molecule has 2 rings (SSSR count). The Hall–Kier alpha value is -1.33. The first-order valence-electron chi connectivity index (χ1n) is 7.09. The molecule has 1 aromatic carbocycles. The summed E-state index contributed by atoms with van der Waals surface area (Å²) in [4.78, 5) is 9.20. The van der Waals surface area contributed by atoms with Gasteiger partial charge in [-0.3, -0.25) is 0 Å². The van der Waals surface area contributed by atoms with Crippen LogP contribution >= 0.6 is 11.8 Å². The average molecular weight is 291 g/mol. The Balaban J connectivity index is 2.09. The van der Waals surface area contributed by atoms with E-state index in [-0.39, 0.29) is 6.61 Å². The van der Waals surface area contributed by atoms with Gasteiger partial charge < -0.3 is 10.4 Å². The van der Waals surface area contributed by atoms with E-state index in [1.54, 1.807) is 11.8 Å². The second-order valence-corrected chi connectivity index (χ2v) is 5.60. The summed E-state index contributed by atoms with van der Waals surface area (Å²) in [5.74, 6) is 1.90. The Morgan fingerprint density at radius 2 is 2.00 bits per heavy atom. The summed E-state index contributed by atoms with van der Waals surface area (Å²) in [6.45, 7) is 3.20. The van der Waals surface area contributed by atoms with E-state index in [0.717, 1.165) is 53.4 Å². The van der Waals surface area contributed by atoms with Gasteiger partial charge in [0, 0.05) is 24.3 Å². The van der Waals surface area contributed by atoms with Crippen LogP contribution in [-0.2, 0) is 0 Å². The molecule has 0 bridgehead atoms. The van der Waals surface area contributed by atoms with Crippen molar-refractivity contribution in [2.45, 2.75) is 31.3 Å². The number of aliphatic hydroxyl groups is 1. The normalized spacial score (nSPS) is 10.9. The third-order valence-electron chi connectivity index (χ3n) is 2.96. The Labute approximate surface area is 124 Å². The highest BCUT2D eigenvalue weighted by molar-refractivity contribution is 7.99. The number of nitrogens with zero attached hydrogens (tertiary/aromatic N) is 2. The van der Waals surface area contributed by atoms with E-state index in [9.17, 15) is 0 Å². The minimum atomic E-state index is 0.279. The first-order chi connectivity index (χ1) is 9.85. The lowest BCUT2D eigenvalue weighted by molar-refractivity contribution is 0.284. The highest BCUT2D eigenvalue weighted by Crippen LogP contribution is 2.24. The summed E-state index contributed by atoms with van der Waals surface area (Å²) in [5.41, 5.74) is 0.983. The van der Waals surface area contributed by atoms with Crippen molar-refractivity contribution in [3.8, 4) is 0 Å². The molecule has 0 aliphatic carbocycles. The number of para-hydroxylation sites is 1. The van der Waals surface area contributed by atoms with Crippen LogP contribution in [0.3, 0.4) is 0 Å². The van der Waals surface area contributed by atoms with Crippen molar-refractivity contribution >= 4 is 28.5 Å². The van der Waals surface area contributed by atoms with Gasteiger partial charge in [0.15, 0.2) is 5.16 Å². The lowest BCUT2D eigenvalue weighted by Gasteiger charge is -2.09. The van der Waals surface area contributed by atoms with E-state index >= 15 is 0 Å². The van der Waals surface area contributed by atoms with Gasteiger partial charge in [-0.15, -0.1) is 0 Å². The summed E-state index contributed by atoms with van der Waals surface area (Å²) in [5, 5.41) is 14.0. The number of unbranched alkanes of at least 4 members (excludes halogenated alkanes) is 2. The number of hydrogen-bond donors (Lipinski definition) is 2. The first kappa shape index (κ1) is 15.1. The highest BCUT2D eigenvalue weighted by Gasteiger charge is 2.06. The van der Waals surface area contributed by atoms with Gasteiger partial charge in [-0.25, -0.2) is 9.97 Å². The van der Waals surface area contributed by atoms with Gasteiger partial charge in [-0.1, -0.05) is 30.3 Å². The van der Waals surface area contributed by atoms with E-state index in [2.05, 4.69) is 22.2 Å². The summed E-state index contributed by atoms with van der Waals surface area (Å²) in [6, 6.07) is 8.08. The second-order valence-electron chi connectivity index (χ2n) is 4.53. The van der Waals surface area contributed by atoms with Crippen LogP contribution in [0.4, 0.5) is 5.82 Å². The third kappa shape index (κ3) is 4.08. The molecule has 0 saturated heterocycles. The van der Waals surface area contributed by atoms with Crippen molar-refractivity contribution in [3.05, 3.63) is 24.3 Å². The lowest BCUT2D eigenvalue weighted by atomic mass is 10.2. The van der Waals surface area contributed by atoms with Crippen molar-refractivity contribution in [1.82, 2.24) is 9.97 Å². The molecule has 0 atom stereocenters. The minimum Gasteiger partial charge on any atom is -0.396 e. The van der Waals surface area contributed by atoms with Crippen molar-refractivity contribution in [1.29, 1.82) is 0 Å². The van der Waals surface area contributed by atoms with Gasteiger partial charge in [-0.2, -0.15) is 0 Å². The molecule has 4 nitrogen and oxygen atoms in total. The SMILES string of the molecule is CCNc1nc(SCCCCCO)nc2ccccc12. The predicted molar refractivity (Wildman–Crippen MR) is 85.4 cm³/mol. The maximum atomic E-state index is 8.76. The maximum Gasteiger partial charge on any atom is 0.190 e. The van der Waals surface area contributed by atoms with E-state index in [1.807, 2.05) is 24.3 Å². The molecule has 108 valence electrons. The Morgan fingerprint density at radius 1 is 1.15 bits per heavy atom. The molecule has 20 heavy (non-hydrogen) atoms. The zero-order chi connectivity index (χ0) is 14.2. The van der Waals surface area contributed by atoms with Crippen molar-refractivity contribution in [2.75, 3.05) is 24.2 Å². The molecular formula is C15H21N3OS. The standard InChI is InChI=1S/C15H21N3OS/c1-2-16-14-12-8-4-5-9-13(12)17-15(18-14)20-11-7-3-6-10-19/h4-5,8-9,19H,2-3,6-7,10-11H2,1H3,(H,16,17,18). The largest absolute Gasteiger partial charge is 0.396 e. The molecule has 0 aliphatic rings. The Morgan fingerprint density at radius 3 is 2.80 bits per heavy atom. The fourth-order valence-corrected chi connectivity index (χ4v) is 2.83. The number of nitrogens with one attached hydrogen (secondary N) is 1. The number of thioether (sulfide) groups is 1. The summed E-state index contributed by atoms with van der Waals surface area (Å²) in [7, 11) is 0. The summed E-state index contributed by atoms with van der Waals surface area (Å²) >= 11 is 1.68. The van der Waals surface area contributed by atoms with E-state index < -0.39 is 0 Å². The number of aromatic nitrogens is 2. The van der Waals surface area contributed by atoms with Crippen LogP contribution in [0, 0.1) is 0 Å². The molecule has 0 aliphatic heterocycles. The van der Waals surface area contributed by atoms with Gasteiger partial charge >= 0.3 is 0 Å². The molecule has 1 aromatic heterocycles. The zero-order valence-corrected chi connectivity index (χ0v) is 12.6. The molecule has 5 heteroatoms.